The summed E-state index contributed by atoms with van der Waals surface area (Å²) in [6, 6.07) is 27.9. The molecule has 0 unspecified atom stereocenters. The van der Waals surface area contributed by atoms with E-state index >= 15 is 0 Å². The third kappa shape index (κ3) is 2.71. The zero-order chi connectivity index (χ0) is 19.8. The minimum atomic E-state index is -0.337. The van der Waals surface area contributed by atoms with Crippen LogP contribution in [0.4, 0.5) is 0 Å². The van der Waals surface area contributed by atoms with Gasteiger partial charge in [0.05, 0.1) is 16.5 Å². The summed E-state index contributed by atoms with van der Waals surface area (Å²) >= 11 is 0. The maximum atomic E-state index is 13.3. The van der Waals surface area contributed by atoms with Crippen molar-refractivity contribution < 1.29 is 4.42 Å². The lowest BCUT2D eigenvalue weighted by Gasteiger charge is -2.11. The number of para-hydroxylation sites is 1. The van der Waals surface area contributed by atoms with Crippen LogP contribution in [-0.4, -0.2) is 4.57 Å². The molecule has 3 nitrogen and oxygen atoms in total. The normalized spacial score (nSPS) is 11.2. The average molecular weight is 377 g/mol. The van der Waals surface area contributed by atoms with E-state index in [1.165, 1.54) is 0 Å². The highest BCUT2D eigenvalue weighted by Gasteiger charge is 2.23. The molecule has 0 aliphatic carbocycles. The molecule has 5 rings (SSSR count). The minimum Gasteiger partial charge on any atom is -0.405 e. The summed E-state index contributed by atoms with van der Waals surface area (Å²) in [5.41, 5.74) is 4.60. The summed E-state index contributed by atoms with van der Waals surface area (Å²) in [5.74, 6) is 0. The van der Waals surface area contributed by atoms with Crippen molar-refractivity contribution in [1.29, 1.82) is 0 Å². The van der Waals surface area contributed by atoms with Gasteiger partial charge in [-0.2, -0.15) is 0 Å². The largest absolute Gasteiger partial charge is 0.405 e. The van der Waals surface area contributed by atoms with E-state index in [9.17, 15) is 4.79 Å². The first-order valence-corrected chi connectivity index (χ1v) is 9.59. The van der Waals surface area contributed by atoms with Crippen LogP contribution >= 0.6 is 0 Å². The molecule has 3 heteroatoms. The Balaban J connectivity index is 2.05. The maximum Gasteiger partial charge on any atom is 0.346 e. The molecule has 0 bridgehead atoms. The number of allylic oxidation sites excluding steroid dienone is 1. The highest BCUT2D eigenvalue weighted by atomic mass is 16.4. The van der Waals surface area contributed by atoms with Gasteiger partial charge in [-0.1, -0.05) is 84.9 Å². The zero-order valence-electron chi connectivity index (χ0n) is 15.8. The lowest BCUT2D eigenvalue weighted by atomic mass is 9.93. The molecule has 29 heavy (non-hydrogen) atoms. The minimum absolute atomic E-state index is 0.337. The summed E-state index contributed by atoms with van der Waals surface area (Å²) < 4.78 is 7.95. The van der Waals surface area contributed by atoms with Crippen molar-refractivity contribution in [2.45, 2.75) is 6.54 Å². The van der Waals surface area contributed by atoms with Gasteiger partial charge in [0.2, 0.25) is 5.71 Å². The Labute approximate surface area is 168 Å². The molecule has 0 amide bonds. The number of aromatic nitrogens is 1. The SMILES string of the molecule is C=CCn1c2ccccc2c2c(-c3ccccc3)c(-c3ccccc3)c(=O)oc21. The first kappa shape index (κ1) is 17.3. The van der Waals surface area contributed by atoms with Crippen LogP contribution in [0.2, 0.25) is 0 Å². The van der Waals surface area contributed by atoms with Gasteiger partial charge in [0.1, 0.15) is 0 Å². The Bertz CT molecular complexity index is 1390. The lowest BCUT2D eigenvalue weighted by molar-refractivity contribution is 0.536. The second-order valence-electron chi connectivity index (χ2n) is 6.97. The maximum absolute atomic E-state index is 13.3. The van der Waals surface area contributed by atoms with E-state index < -0.39 is 0 Å². The van der Waals surface area contributed by atoms with Gasteiger partial charge in [-0.15, -0.1) is 6.58 Å². The Kier molecular flexibility index (Phi) is 4.14. The third-order valence-electron chi connectivity index (χ3n) is 5.25. The number of benzene rings is 3. The van der Waals surface area contributed by atoms with Crippen LogP contribution in [0.1, 0.15) is 0 Å². The van der Waals surface area contributed by atoms with Crippen LogP contribution in [0.25, 0.3) is 44.3 Å². The van der Waals surface area contributed by atoms with Gasteiger partial charge in [0.15, 0.2) is 0 Å². The fraction of sp³-hybridized carbons (Fsp3) is 0.0385. The molecule has 0 saturated carbocycles. The Morgan fingerprint density at radius 2 is 1.38 bits per heavy atom. The zero-order valence-corrected chi connectivity index (χ0v) is 15.8. The molecule has 0 spiro atoms. The van der Waals surface area contributed by atoms with Crippen LogP contribution < -0.4 is 5.63 Å². The van der Waals surface area contributed by atoms with E-state index in [0.717, 1.165) is 33.0 Å². The van der Waals surface area contributed by atoms with Gasteiger partial charge in [0.25, 0.3) is 0 Å². The van der Waals surface area contributed by atoms with Crippen LogP contribution in [0.15, 0.2) is 107 Å². The van der Waals surface area contributed by atoms with Gasteiger partial charge in [-0.3, -0.25) is 0 Å². The predicted octanol–water partition coefficient (Wildman–Crippen LogP) is 6.27. The fourth-order valence-electron chi connectivity index (χ4n) is 4.06. The Morgan fingerprint density at radius 1 is 0.793 bits per heavy atom. The molecule has 0 atom stereocenters. The summed E-state index contributed by atoms with van der Waals surface area (Å²) in [5, 5.41) is 2.01. The summed E-state index contributed by atoms with van der Waals surface area (Å²) in [6.45, 7) is 4.44. The molecule has 140 valence electrons. The summed E-state index contributed by atoms with van der Waals surface area (Å²) in [4.78, 5) is 13.3. The first-order valence-electron chi connectivity index (χ1n) is 9.59. The number of nitrogens with zero attached hydrogens (tertiary/aromatic N) is 1. The third-order valence-corrected chi connectivity index (χ3v) is 5.25. The summed E-state index contributed by atoms with van der Waals surface area (Å²) in [6.07, 6.45) is 1.82. The van der Waals surface area contributed by atoms with Crippen LogP contribution in [0.3, 0.4) is 0 Å². The molecule has 0 fully saturated rings. The summed E-state index contributed by atoms with van der Waals surface area (Å²) in [7, 11) is 0. The van der Waals surface area contributed by atoms with Crippen molar-refractivity contribution in [2.75, 3.05) is 0 Å². The van der Waals surface area contributed by atoms with E-state index in [1.54, 1.807) is 0 Å². The van der Waals surface area contributed by atoms with Gasteiger partial charge < -0.3 is 8.98 Å². The van der Waals surface area contributed by atoms with Gasteiger partial charge >= 0.3 is 5.63 Å². The van der Waals surface area contributed by atoms with Crippen molar-refractivity contribution in [2.24, 2.45) is 0 Å². The monoisotopic (exact) mass is 377 g/mol. The highest BCUT2D eigenvalue weighted by molar-refractivity contribution is 6.15. The van der Waals surface area contributed by atoms with Gasteiger partial charge in [-0.25, -0.2) is 4.79 Å². The molecule has 0 aliphatic rings. The molecule has 0 aliphatic heterocycles. The molecule has 0 N–H and O–H groups in total. The number of rotatable bonds is 4. The van der Waals surface area contributed by atoms with Crippen LogP contribution in [0, 0.1) is 0 Å². The predicted molar refractivity (Wildman–Crippen MR) is 119 cm³/mol. The van der Waals surface area contributed by atoms with E-state index in [0.29, 0.717) is 17.8 Å². The van der Waals surface area contributed by atoms with Crippen molar-refractivity contribution in [3.05, 3.63) is 108 Å². The smallest absolute Gasteiger partial charge is 0.346 e. The topological polar surface area (TPSA) is 35.1 Å². The van der Waals surface area contributed by atoms with Crippen molar-refractivity contribution in [3.63, 3.8) is 0 Å². The molecule has 2 heterocycles. The van der Waals surface area contributed by atoms with E-state index in [-0.39, 0.29) is 5.63 Å². The fourth-order valence-corrected chi connectivity index (χ4v) is 4.06. The van der Waals surface area contributed by atoms with Crippen LogP contribution in [0.5, 0.6) is 0 Å². The number of hydrogen-bond donors (Lipinski definition) is 0. The van der Waals surface area contributed by atoms with E-state index in [4.69, 9.17) is 4.42 Å². The molecular weight excluding hydrogens is 358 g/mol. The average Bonchev–Trinajstić information content (AvgIpc) is 3.07. The lowest BCUT2D eigenvalue weighted by Crippen LogP contribution is -2.07. The first-order chi connectivity index (χ1) is 14.3. The van der Waals surface area contributed by atoms with Crippen molar-refractivity contribution in [3.8, 4) is 22.3 Å². The van der Waals surface area contributed by atoms with E-state index in [2.05, 4.69) is 18.7 Å². The molecule has 2 aromatic heterocycles. The second-order valence-corrected chi connectivity index (χ2v) is 6.97. The quantitative estimate of drug-likeness (QED) is 0.346. The number of hydrogen-bond acceptors (Lipinski definition) is 2. The van der Waals surface area contributed by atoms with Crippen molar-refractivity contribution >= 4 is 22.0 Å². The molecular formula is C26H19NO2. The highest BCUT2D eigenvalue weighted by Crippen LogP contribution is 2.40. The molecule has 0 radical (unpaired) electrons. The molecule has 3 aromatic carbocycles. The number of fused-ring (bicyclic) bond motifs is 3. The van der Waals surface area contributed by atoms with Gasteiger partial charge in [-0.05, 0) is 17.2 Å². The van der Waals surface area contributed by atoms with Crippen molar-refractivity contribution in [1.82, 2.24) is 4.57 Å². The van der Waals surface area contributed by atoms with Crippen LogP contribution in [-0.2, 0) is 6.54 Å². The molecule has 0 saturated heterocycles. The second kappa shape index (κ2) is 6.95. The van der Waals surface area contributed by atoms with Gasteiger partial charge in [0, 0.05) is 17.5 Å². The van der Waals surface area contributed by atoms with E-state index in [1.807, 2.05) is 83.4 Å². The Hall–Kier alpha value is -3.85. The standard InChI is InChI=1S/C26H19NO2/c1-2-17-27-21-16-10-9-15-20(21)24-22(18-11-5-3-6-12-18)23(26(28)29-25(24)27)19-13-7-4-8-14-19/h2-16H,1,17H2. The molecule has 5 aromatic rings. The Morgan fingerprint density at radius 3 is 2.03 bits per heavy atom.